The number of nitrogens with zero attached hydrogens (tertiary/aromatic N) is 3. The largest absolute Gasteiger partial charge is 0.342 e. The molecule has 0 aliphatic rings. The smallest absolute Gasteiger partial charge is 0.247 e. The van der Waals surface area contributed by atoms with Gasteiger partial charge in [0.2, 0.25) is 5.91 Å². The van der Waals surface area contributed by atoms with Crippen molar-refractivity contribution < 1.29 is 4.79 Å². The molecule has 1 aromatic carbocycles. The predicted molar refractivity (Wildman–Crippen MR) is 93.4 cm³/mol. The summed E-state index contributed by atoms with van der Waals surface area (Å²) in [5, 5.41) is 9.70. The minimum atomic E-state index is -0.228. The first-order valence-electron chi connectivity index (χ1n) is 8.02. The fourth-order valence-corrected chi connectivity index (χ4v) is 2.68. The first-order valence-corrected chi connectivity index (χ1v) is 8.02. The lowest BCUT2D eigenvalue weighted by Gasteiger charge is -2.20. The van der Waals surface area contributed by atoms with Crippen LogP contribution < -0.4 is 5.32 Å². The zero-order chi connectivity index (χ0) is 16.9. The van der Waals surface area contributed by atoms with Crippen molar-refractivity contribution in [3.8, 4) is 11.4 Å². The van der Waals surface area contributed by atoms with Crippen molar-refractivity contribution in [2.75, 3.05) is 5.32 Å². The standard InChI is InChI=1S/C18H21N5O/c1-13(2)10-16(23-8-3-4-9-23)18(24)21-15-7-5-6-14(11-15)17-19-12-20-22-17/h3-9,11-13,16H,10H2,1-2H3,(H,21,24)(H,19,20,22)/t16-/m0/s1. The Morgan fingerprint density at radius 2 is 2.04 bits per heavy atom. The Balaban J connectivity index is 1.79. The predicted octanol–water partition coefficient (Wildman–Crippen LogP) is 3.50. The Kier molecular flexibility index (Phi) is 4.74. The van der Waals surface area contributed by atoms with E-state index in [9.17, 15) is 4.79 Å². The molecule has 3 rings (SSSR count). The fraction of sp³-hybridized carbons (Fsp3) is 0.278. The highest BCUT2D eigenvalue weighted by Gasteiger charge is 2.21. The van der Waals surface area contributed by atoms with Gasteiger partial charge in [-0.25, -0.2) is 4.98 Å². The van der Waals surface area contributed by atoms with E-state index in [0.29, 0.717) is 11.7 Å². The third-order valence-corrected chi connectivity index (χ3v) is 3.80. The topological polar surface area (TPSA) is 75.6 Å². The Morgan fingerprint density at radius 1 is 1.25 bits per heavy atom. The number of rotatable bonds is 6. The van der Waals surface area contributed by atoms with Gasteiger partial charge in [-0.2, -0.15) is 5.10 Å². The van der Waals surface area contributed by atoms with Crippen molar-refractivity contribution in [2.24, 2.45) is 5.92 Å². The highest BCUT2D eigenvalue weighted by Crippen LogP contribution is 2.22. The van der Waals surface area contributed by atoms with Crippen LogP contribution in [0.25, 0.3) is 11.4 Å². The number of hydrogen-bond acceptors (Lipinski definition) is 3. The quantitative estimate of drug-likeness (QED) is 0.729. The van der Waals surface area contributed by atoms with E-state index in [2.05, 4.69) is 34.3 Å². The van der Waals surface area contributed by atoms with Crippen molar-refractivity contribution in [1.82, 2.24) is 19.7 Å². The first-order chi connectivity index (χ1) is 11.6. The molecule has 0 fully saturated rings. The maximum absolute atomic E-state index is 12.8. The molecule has 0 unspecified atom stereocenters. The van der Waals surface area contributed by atoms with Crippen LogP contribution in [0.15, 0.2) is 55.1 Å². The number of aromatic nitrogens is 4. The van der Waals surface area contributed by atoms with Crippen molar-refractivity contribution in [1.29, 1.82) is 0 Å². The fourth-order valence-electron chi connectivity index (χ4n) is 2.68. The molecule has 2 N–H and O–H groups in total. The minimum absolute atomic E-state index is 0.0189. The van der Waals surface area contributed by atoms with Gasteiger partial charge in [-0.15, -0.1) is 0 Å². The summed E-state index contributed by atoms with van der Waals surface area (Å²) in [4.78, 5) is 16.9. The Labute approximate surface area is 140 Å². The second-order valence-corrected chi connectivity index (χ2v) is 6.18. The van der Waals surface area contributed by atoms with E-state index in [-0.39, 0.29) is 11.9 Å². The summed E-state index contributed by atoms with van der Waals surface area (Å²) in [6, 6.07) is 11.2. The number of carbonyl (C=O) groups is 1. The van der Waals surface area contributed by atoms with Gasteiger partial charge in [0.25, 0.3) is 0 Å². The highest BCUT2D eigenvalue weighted by atomic mass is 16.2. The molecule has 0 aliphatic heterocycles. The van der Waals surface area contributed by atoms with E-state index in [4.69, 9.17) is 0 Å². The molecule has 2 heterocycles. The summed E-state index contributed by atoms with van der Waals surface area (Å²) in [5.41, 5.74) is 1.63. The number of anilines is 1. The SMILES string of the molecule is CC(C)C[C@@H](C(=O)Nc1cccc(-c2ncn[nH]2)c1)n1cccc1. The number of hydrogen-bond donors (Lipinski definition) is 2. The second-order valence-electron chi connectivity index (χ2n) is 6.18. The van der Waals surface area contributed by atoms with Crippen LogP contribution in [0.3, 0.4) is 0 Å². The summed E-state index contributed by atoms with van der Waals surface area (Å²) < 4.78 is 1.95. The van der Waals surface area contributed by atoms with Crippen LogP contribution >= 0.6 is 0 Å². The summed E-state index contributed by atoms with van der Waals surface area (Å²) in [6.45, 7) is 4.24. The maximum atomic E-state index is 12.8. The lowest BCUT2D eigenvalue weighted by atomic mass is 10.0. The molecule has 0 radical (unpaired) electrons. The van der Waals surface area contributed by atoms with Gasteiger partial charge < -0.3 is 9.88 Å². The Hall–Kier alpha value is -2.89. The molecule has 0 saturated carbocycles. The number of benzene rings is 1. The molecular weight excluding hydrogens is 302 g/mol. The number of nitrogens with one attached hydrogen (secondary N) is 2. The van der Waals surface area contributed by atoms with Crippen molar-refractivity contribution in [3.63, 3.8) is 0 Å². The lowest BCUT2D eigenvalue weighted by molar-refractivity contribution is -0.119. The average Bonchev–Trinajstić information content (AvgIpc) is 3.26. The third kappa shape index (κ3) is 3.71. The number of carbonyl (C=O) groups excluding carboxylic acids is 1. The van der Waals surface area contributed by atoms with Gasteiger partial charge in [-0.1, -0.05) is 26.0 Å². The molecule has 1 atom stereocenters. The Morgan fingerprint density at radius 3 is 2.71 bits per heavy atom. The van der Waals surface area contributed by atoms with Crippen LogP contribution in [0, 0.1) is 5.92 Å². The molecule has 6 nitrogen and oxygen atoms in total. The second kappa shape index (κ2) is 7.12. The van der Waals surface area contributed by atoms with Gasteiger partial charge in [0.1, 0.15) is 12.4 Å². The summed E-state index contributed by atoms with van der Waals surface area (Å²) >= 11 is 0. The molecule has 0 saturated heterocycles. The zero-order valence-electron chi connectivity index (χ0n) is 13.8. The molecule has 24 heavy (non-hydrogen) atoms. The zero-order valence-corrected chi connectivity index (χ0v) is 13.8. The monoisotopic (exact) mass is 323 g/mol. The van der Waals surface area contributed by atoms with Gasteiger partial charge >= 0.3 is 0 Å². The van der Waals surface area contributed by atoms with Gasteiger partial charge in [0.15, 0.2) is 5.82 Å². The molecule has 0 aliphatic carbocycles. The summed E-state index contributed by atoms with van der Waals surface area (Å²) in [6.07, 6.45) is 6.10. The van der Waals surface area contributed by atoms with E-state index in [0.717, 1.165) is 17.7 Å². The van der Waals surface area contributed by atoms with Crippen molar-refractivity contribution >= 4 is 11.6 Å². The maximum Gasteiger partial charge on any atom is 0.247 e. The number of H-pyrrole nitrogens is 1. The van der Waals surface area contributed by atoms with E-state index < -0.39 is 0 Å². The molecule has 2 aromatic heterocycles. The highest BCUT2D eigenvalue weighted by molar-refractivity contribution is 5.94. The Bertz CT molecular complexity index is 778. The number of aromatic amines is 1. The van der Waals surface area contributed by atoms with E-state index in [1.807, 2.05) is 53.4 Å². The van der Waals surface area contributed by atoms with Crippen molar-refractivity contribution in [2.45, 2.75) is 26.3 Å². The van der Waals surface area contributed by atoms with Crippen LogP contribution in [-0.2, 0) is 4.79 Å². The minimum Gasteiger partial charge on any atom is -0.342 e. The first kappa shape index (κ1) is 16.0. The molecule has 1 amide bonds. The normalized spacial score (nSPS) is 12.3. The van der Waals surface area contributed by atoms with Crippen LogP contribution in [-0.4, -0.2) is 25.7 Å². The lowest BCUT2D eigenvalue weighted by Crippen LogP contribution is -2.26. The van der Waals surface area contributed by atoms with Crippen LogP contribution in [0.4, 0.5) is 5.69 Å². The van der Waals surface area contributed by atoms with Gasteiger partial charge in [-0.05, 0) is 36.6 Å². The average molecular weight is 323 g/mol. The molecule has 3 aromatic rings. The molecule has 0 spiro atoms. The third-order valence-electron chi connectivity index (χ3n) is 3.80. The molecule has 0 bridgehead atoms. The van der Waals surface area contributed by atoms with Gasteiger partial charge in [-0.3, -0.25) is 9.89 Å². The molecule has 124 valence electrons. The van der Waals surface area contributed by atoms with Crippen LogP contribution in [0.1, 0.15) is 26.3 Å². The van der Waals surface area contributed by atoms with Gasteiger partial charge in [0.05, 0.1) is 0 Å². The summed E-state index contributed by atoms with van der Waals surface area (Å²) in [5.74, 6) is 1.08. The van der Waals surface area contributed by atoms with E-state index >= 15 is 0 Å². The molecular formula is C18H21N5O. The van der Waals surface area contributed by atoms with Gasteiger partial charge in [0, 0.05) is 23.6 Å². The van der Waals surface area contributed by atoms with Crippen molar-refractivity contribution in [3.05, 3.63) is 55.1 Å². The van der Waals surface area contributed by atoms with Crippen LogP contribution in [0.5, 0.6) is 0 Å². The van der Waals surface area contributed by atoms with E-state index in [1.165, 1.54) is 6.33 Å². The van der Waals surface area contributed by atoms with Crippen LogP contribution in [0.2, 0.25) is 0 Å². The summed E-state index contributed by atoms with van der Waals surface area (Å²) in [7, 11) is 0. The molecule has 6 heteroatoms. The number of amides is 1. The van der Waals surface area contributed by atoms with E-state index in [1.54, 1.807) is 0 Å².